The summed E-state index contributed by atoms with van der Waals surface area (Å²) in [4.78, 5) is 7.97. The highest BCUT2D eigenvalue weighted by Gasteiger charge is 2.56. The molecule has 3 aliphatic heterocycles. The molecule has 3 nitrogen and oxygen atoms in total. The Morgan fingerprint density at radius 3 is 1.80 bits per heavy atom. The fourth-order valence-electron chi connectivity index (χ4n) is 12.4. The SMILES string of the molecule is Cc1cc2c3c(c1)N(c1ccc(C(C)(C)C)cc1-c1ccccc1)c1ccccc1B3c1ccc(N3c4ccccc4C4(C)CCCCCCC34C)cc1N2c1ccc(C(C)(C)C)cc1. The molecule has 4 aliphatic rings. The van der Waals surface area contributed by atoms with Gasteiger partial charge in [0.2, 0.25) is 0 Å². The Bertz CT molecular complexity index is 2970. The lowest BCUT2D eigenvalue weighted by atomic mass is 9.33. The van der Waals surface area contributed by atoms with E-state index >= 15 is 0 Å². The van der Waals surface area contributed by atoms with Crippen molar-refractivity contribution in [1.29, 1.82) is 0 Å². The number of hydrogen-bond donors (Lipinski definition) is 0. The Labute approximate surface area is 389 Å². The van der Waals surface area contributed by atoms with E-state index in [0.717, 1.165) is 0 Å². The van der Waals surface area contributed by atoms with Crippen molar-refractivity contribution >= 4 is 68.6 Å². The number of rotatable bonds is 4. The van der Waals surface area contributed by atoms with Crippen molar-refractivity contribution in [2.75, 3.05) is 14.7 Å². The molecular formula is C61H64BN3. The van der Waals surface area contributed by atoms with Crippen LogP contribution in [0.5, 0.6) is 0 Å². The molecule has 326 valence electrons. The summed E-state index contributed by atoms with van der Waals surface area (Å²) in [7, 11) is 0. The molecule has 1 fully saturated rings. The van der Waals surface area contributed by atoms with Gasteiger partial charge in [-0.1, -0.05) is 165 Å². The summed E-state index contributed by atoms with van der Waals surface area (Å²) in [5.41, 5.74) is 22.1. The van der Waals surface area contributed by atoms with Crippen molar-refractivity contribution in [3.63, 3.8) is 0 Å². The molecule has 0 amide bonds. The highest BCUT2D eigenvalue weighted by atomic mass is 15.3. The van der Waals surface area contributed by atoms with Crippen LogP contribution in [0.1, 0.15) is 116 Å². The minimum absolute atomic E-state index is 0.00374. The Hall–Kier alpha value is -6.00. The van der Waals surface area contributed by atoms with Crippen LogP contribution in [0.3, 0.4) is 0 Å². The lowest BCUT2D eigenvalue weighted by Gasteiger charge is -2.49. The monoisotopic (exact) mass is 850 g/mol. The van der Waals surface area contributed by atoms with Gasteiger partial charge in [0.25, 0.3) is 6.71 Å². The molecule has 65 heavy (non-hydrogen) atoms. The van der Waals surface area contributed by atoms with Crippen LogP contribution in [0.25, 0.3) is 11.1 Å². The molecule has 2 atom stereocenters. The van der Waals surface area contributed by atoms with Gasteiger partial charge >= 0.3 is 0 Å². The third kappa shape index (κ3) is 6.45. The number of aryl methyl sites for hydroxylation is 1. The quantitative estimate of drug-likeness (QED) is 0.163. The van der Waals surface area contributed by atoms with E-state index in [9.17, 15) is 0 Å². The Kier molecular flexibility index (Phi) is 9.64. The summed E-state index contributed by atoms with van der Waals surface area (Å²) in [6, 6.07) is 58.7. The molecule has 0 aromatic heterocycles. The number of nitrogens with zero attached hydrogens (tertiary/aromatic N) is 3. The molecule has 0 saturated heterocycles. The van der Waals surface area contributed by atoms with Crippen LogP contribution in [0, 0.1) is 6.92 Å². The van der Waals surface area contributed by atoms with Crippen molar-refractivity contribution in [3.8, 4) is 11.1 Å². The summed E-state index contributed by atoms with van der Waals surface area (Å²) in [6.45, 7) is 21.4. The van der Waals surface area contributed by atoms with Crippen LogP contribution in [-0.4, -0.2) is 12.3 Å². The van der Waals surface area contributed by atoms with E-state index in [1.165, 1.54) is 134 Å². The van der Waals surface area contributed by atoms with Gasteiger partial charge in [0.15, 0.2) is 0 Å². The lowest BCUT2D eigenvalue weighted by Crippen LogP contribution is -2.61. The zero-order chi connectivity index (χ0) is 45.0. The third-order valence-corrected chi connectivity index (χ3v) is 16.1. The summed E-state index contributed by atoms with van der Waals surface area (Å²) in [5, 5.41) is 0. The largest absolute Gasteiger partial charge is 0.334 e. The molecular weight excluding hydrogens is 786 g/mol. The molecule has 3 heterocycles. The van der Waals surface area contributed by atoms with Gasteiger partial charge in [-0.15, -0.1) is 0 Å². The van der Waals surface area contributed by atoms with Gasteiger partial charge in [-0.05, 0) is 142 Å². The summed E-state index contributed by atoms with van der Waals surface area (Å²) >= 11 is 0. The molecule has 1 saturated carbocycles. The molecule has 0 radical (unpaired) electrons. The van der Waals surface area contributed by atoms with Gasteiger partial charge in [0.1, 0.15) is 0 Å². The summed E-state index contributed by atoms with van der Waals surface area (Å²) in [6.07, 6.45) is 7.55. The number of fused-ring (bicyclic) bond motifs is 7. The number of hydrogen-bond acceptors (Lipinski definition) is 3. The molecule has 0 spiro atoms. The highest BCUT2D eigenvalue weighted by molar-refractivity contribution is 7.00. The average Bonchev–Trinajstić information content (AvgIpc) is 3.47. The standard InChI is InChI=1S/C61H64BN3/c1-41-37-55-57-56(38-41)64(51-34-29-44(59(5,6)7)39-47(51)42-21-13-12-14-22-42)53-26-18-16-24-49(53)62(57)50-33-32-46(40-54(50)63(55)45-30-27-43(28-31-45)58(2,3)4)65-52-25-17-15-23-48(52)60(8)35-19-10-11-20-36-61(60,65)9/h12-18,21-34,37-40H,10-11,19-20,35-36H2,1-9H3. The van der Waals surface area contributed by atoms with E-state index in [4.69, 9.17) is 0 Å². The van der Waals surface area contributed by atoms with Crippen LogP contribution in [0.15, 0.2) is 152 Å². The van der Waals surface area contributed by atoms with Crippen molar-refractivity contribution in [1.82, 2.24) is 0 Å². The van der Waals surface area contributed by atoms with Gasteiger partial charge in [-0.3, -0.25) is 0 Å². The predicted molar refractivity (Wildman–Crippen MR) is 280 cm³/mol. The lowest BCUT2D eigenvalue weighted by molar-refractivity contribution is 0.218. The normalized spacial score (nSPS) is 20.0. The zero-order valence-electron chi connectivity index (χ0n) is 40.1. The van der Waals surface area contributed by atoms with Crippen LogP contribution < -0.4 is 31.1 Å². The minimum Gasteiger partial charge on any atom is -0.334 e. The second-order valence-corrected chi connectivity index (χ2v) is 22.1. The maximum absolute atomic E-state index is 2.77. The average molecular weight is 850 g/mol. The Morgan fingerprint density at radius 2 is 1.08 bits per heavy atom. The highest BCUT2D eigenvalue weighted by Crippen LogP contribution is 2.60. The topological polar surface area (TPSA) is 9.72 Å². The first-order chi connectivity index (χ1) is 31.2. The Balaban J connectivity index is 1.17. The smallest absolute Gasteiger partial charge is 0.252 e. The number of benzene rings is 7. The van der Waals surface area contributed by atoms with E-state index in [-0.39, 0.29) is 28.5 Å². The second kappa shape index (κ2) is 15.0. The van der Waals surface area contributed by atoms with E-state index in [1.807, 2.05) is 0 Å². The van der Waals surface area contributed by atoms with Crippen molar-refractivity contribution in [2.24, 2.45) is 0 Å². The first-order valence-corrected chi connectivity index (χ1v) is 24.4. The maximum atomic E-state index is 2.77. The van der Waals surface area contributed by atoms with Crippen LogP contribution in [0.4, 0.5) is 45.5 Å². The molecule has 7 aromatic rings. The molecule has 0 N–H and O–H groups in total. The van der Waals surface area contributed by atoms with Crippen molar-refractivity contribution < 1.29 is 0 Å². The van der Waals surface area contributed by atoms with E-state index in [1.54, 1.807) is 0 Å². The number of anilines is 8. The molecule has 4 heteroatoms. The molecule has 7 aromatic carbocycles. The van der Waals surface area contributed by atoms with Gasteiger partial charge < -0.3 is 14.7 Å². The first-order valence-electron chi connectivity index (χ1n) is 24.4. The molecule has 11 rings (SSSR count). The summed E-state index contributed by atoms with van der Waals surface area (Å²) < 4.78 is 0. The van der Waals surface area contributed by atoms with Crippen molar-refractivity contribution in [2.45, 2.75) is 123 Å². The van der Waals surface area contributed by atoms with E-state index in [2.05, 4.69) is 229 Å². The molecule has 0 bridgehead atoms. The zero-order valence-corrected chi connectivity index (χ0v) is 40.1. The van der Waals surface area contributed by atoms with Gasteiger partial charge in [0.05, 0.1) is 11.2 Å². The minimum atomic E-state index is -0.0577. The van der Waals surface area contributed by atoms with Crippen LogP contribution in [-0.2, 0) is 16.2 Å². The second-order valence-electron chi connectivity index (χ2n) is 22.1. The van der Waals surface area contributed by atoms with Crippen LogP contribution >= 0.6 is 0 Å². The van der Waals surface area contributed by atoms with E-state index < -0.39 is 0 Å². The maximum Gasteiger partial charge on any atom is 0.252 e. The molecule has 1 aliphatic carbocycles. The van der Waals surface area contributed by atoms with Gasteiger partial charge in [-0.2, -0.15) is 0 Å². The Morgan fingerprint density at radius 1 is 0.477 bits per heavy atom. The first kappa shape index (κ1) is 41.7. The number of para-hydroxylation sites is 2. The van der Waals surface area contributed by atoms with E-state index in [0.29, 0.717) is 0 Å². The predicted octanol–water partition coefficient (Wildman–Crippen LogP) is 14.9. The van der Waals surface area contributed by atoms with Gasteiger partial charge in [-0.25, -0.2) is 0 Å². The van der Waals surface area contributed by atoms with Crippen molar-refractivity contribution in [3.05, 3.63) is 174 Å². The fourth-order valence-corrected chi connectivity index (χ4v) is 12.4. The summed E-state index contributed by atoms with van der Waals surface area (Å²) in [5.74, 6) is 0. The van der Waals surface area contributed by atoms with Gasteiger partial charge in [0, 0.05) is 50.8 Å². The fraction of sp³-hybridized carbons (Fsp3) is 0.311. The molecule has 2 unspecified atom stereocenters. The third-order valence-electron chi connectivity index (χ3n) is 16.1. The van der Waals surface area contributed by atoms with Crippen LogP contribution in [0.2, 0.25) is 0 Å².